The first-order valence-electron chi connectivity index (χ1n) is 3.59. The molecule has 0 aliphatic heterocycles. The normalized spacial score (nSPS) is 10.5. The second kappa shape index (κ2) is 9.88. The minimum atomic E-state index is -0.955. The topological polar surface area (TPSA) is 113 Å². The second-order valence-electron chi connectivity index (χ2n) is 2.10. The molecule has 0 heterocycles. The van der Waals surface area contributed by atoms with E-state index in [-0.39, 0.29) is 0 Å². The number of aliphatic carboxylic acids is 1. The minimum Gasteiger partial charge on any atom is -0.480 e. The molecule has 0 rings (SSSR count). The van der Waals surface area contributed by atoms with E-state index in [9.17, 15) is 4.79 Å². The zero-order valence-corrected chi connectivity index (χ0v) is 7.16. The van der Waals surface area contributed by atoms with E-state index in [2.05, 4.69) is 0 Å². The van der Waals surface area contributed by atoms with Crippen molar-refractivity contribution in [3.63, 3.8) is 0 Å². The first-order chi connectivity index (χ1) is 5.59. The van der Waals surface area contributed by atoms with Crippen LogP contribution < -0.4 is 11.5 Å². The number of nitrogens with two attached hydrogens (primary N) is 2. The van der Waals surface area contributed by atoms with Gasteiger partial charge >= 0.3 is 5.97 Å². The molecule has 0 aromatic heterocycles. The van der Waals surface area contributed by atoms with Crippen LogP contribution in [0.15, 0.2) is 0 Å². The van der Waals surface area contributed by atoms with Crippen molar-refractivity contribution >= 4 is 5.97 Å². The number of carboxylic acids is 1. The van der Waals surface area contributed by atoms with Gasteiger partial charge in [-0.05, 0) is 19.4 Å². The molecule has 0 aromatic carbocycles. The van der Waals surface area contributed by atoms with E-state index in [1.807, 2.05) is 0 Å². The second-order valence-corrected chi connectivity index (χ2v) is 2.10. The molecule has 0 aliphatic carbocycles. The summed E-state index contributed by atoms with van der Waals surface area (Å²) in [6, 6.07) is 1.01. The lowest BCUT2D eigenvalue weighted by molar-refractivity contribution is -0.138. The highest BCUT2D eigenvalue weighted by Gasteiger charge is 2.08. The van der Waals surface area contributed by atoms with Crippen LogP contribution in [0.4, 0.5) is 0 Å². The fourth-order valence-electron chi connectivity index (χ4n) is 0.461. The number of hydrogen-bond acceptors (Lipinski definition) is 4. The summed E-state index contributed by atoms with van der Waals surface area (Å²) in [4.78, 5) is 10.0. The van der Waals surface area contributed by atoms with Crippen molar-refractivity contribution in [1.82, 2.24) is 0 Å². The van der Waals surface area contributed by atoms with E-state index in [0.29, 0.717) is 19.4 Å². The largest absolute Gasteiger partial charge is 0.480 e. The van der Waals surface area contributed by atoms with Gasteiger partial charge in [-0.2, -0.15) is 5.26 Å². The highest BCUT2D eigenvalue weighted by molar-refractivity contribution is 5.72. The first-order valence-corrected chi connectivity index (χ1v) is 3.59. The summed E-state index contributed by atoms with van der Waals surface area (Å²) in [5.41, 5.74) is 10.3. The SMILES string of the molecule is CC#N.NCCC[C@@H](N)C(=O)O. The lowest BCUT2D eigenvalue weighted by atomic mass is 10.2. The van der Waals surface area contributed by atoms with Crippen LogP contribution in [0.1, 0.15) is 19.8 Å². The van der Waals surface area contributed by atoms with Crippen LogP contribution >= 0.6 is 0 Å². The average molecular weight is 173 g/mol. The Balaban J connectivity index is 0. The van der Waals surface area contributed by atoms with Crippen molar-refractivity contribution in [3.8, 4) is 6.07 Å². The van der Waals surface area contributed by atoms with Gasteiger partial charge < -0.3 is 16.6 Å². The number of nitriles is 1. The van der Waals surface area contributed by atoms with Gasteiger partial charge in [-0.25, -0.2) is 0 Å². The molecule has 0 amide bonds. The maximum absolute atomic E-state index is 10.0. The first kappa shape index (κ1) is 13.5. The van der Waals surface area contributed by atoms with Crippen molar-refractivity contribution in [1.29, 1.82) is 5.26 Å². The Hall–Kier alpha value is -1.12. The molecule has 0 aromatic rings. The summed E-state index contributed by atoms with van der Waals surface area (Å²) in [7, 11) is 0. The quantitative estimate of drug-likeness (QED) is 0.538. The Morgan fingerprint density at radius 1 is 1.75 bits per heavy atom. The third kappa shape index (κ3) is 11.6. The van der Waals surface area contributed by atoms with E-state index in [1.165, 1.54) is 6.92 Å². The van der Waals surface area contributed by atoms with Crippen molar-refractivity contribution < 1.29 is 9.90 Å². The van der Waals surface area contributed by atoms with Gasteiger partial charge in [0, 0.05) is 6.92 Å². The maximum Gasteiger partial charge on any atom is 0.320 e. The van der Waals surface area contributed by atoms with Crippen LogP contribution in [0.25, 0.3) is 0 Å². The van der Waals surface area contributed by atoms with Gasteiger partial charge in [0.15, 0.2) is 0 Å². The summed E-state index contributed by atoms with van der Waals surface area (Å²) >= 11 is 0. The fourth-order valence-corrected chi connectivity index (χ4v) is 0.461. The summed E-state index contributed by atoms with van der Waals surface area (Å²) < 4.78 is 0. The number of hydrogen-bond donors (Lipinski definition) is 3. The summed E-state index contributed by atoms with van der Waals surface area (Å²) in [6.45, 7) is 1.93. The number of carbonyl (C=O) groups is 1. The number of nitrogens with zero attached hydrogens (tertiary/aromatic N) is 1. The van der Waals surface area contributed by atoms with Crippen molar-refractivity contribution in [3.05, 3.63) is 0 Å². The van der Waals surface area contributed by atoms with E-state index in [4.69, 9.17) is 21.8 Å². The lowest BCUT2D eigenvalue weighted by Gasteiger charge is -2.02. The van der Waals surface area contributed by atoms with Crippen molar-refractivity contribution in [2.24, 2.45) is 11.5 Å². The van der Waals surface area contributed by atoms with Gasteiger partial charge in [-0.1, -0.05) is 0 Å². The molecule has 0 unspecified atom stereocenters. The summed E-state index contributed by atoms with van der Waals surface area (Å²) in [5, 5.41) is 15.6. The molecular weight excluding hydrogens is 158 g/mol. The van der Waals surface area contributed by atoms with Gasteiger partial charge in [0.05, 0.1) is 6.07 Å². The molecule has 5 nitrogen and oxygen atoms in total. The van der Waals surface area contributed by atoms with Crippen molar-refractivity contribution in [2.45, 2.75) is 25.8 Å². The molecule has 0 saturated heterocycles. The number of carboxylic acid groups (broad SMARTS) is 1. The minimum absolute atomic E-state index is 0.464. The Morgan fingerprint density at radius 2 is 2.17 bits per heavy atom. The van der Waals surface area contributed by atoms with Gasteiger partial charge in [-0.15, -0.1) is 0 Å². The van der Waals surface area contributed by atoms with Crippen molar-refractivity contribution in [2.75, 3.05) is 6.54 Å². The molecule has 12 heavy (non-hydrogen) atoms. The van der Waals surface area contributed by atoms with Crippen LogP contribution in [-0.2, 0) is 4.79 Å². The standard InChI is InChI=1S/C5H12N2O2.C2H3N/c6-3-1-2-4(7)5(8)9;1-2-3/h4H,1-3,6-7H2,(H,8,9);1H3/t4-;/m1./s1. The van der Waals surface area contributed by atoms with Gasteiger partial charge in [0.25, 0.3) is 0 Å². The number of rotatable bonds is 4. The van der Waals surface area contributed by atoms with E-state index >= 15 is 0 Å². The molecule has 0 spiro atoms. The molecule has 0 aliphatic rings. The zero-order valence-electron chi connectivity index (χ0n) is 7.16. The monoisotopic (exact) mass is 173 g/mol. The Kier molecular flexibility index (Phi) is 11.1. The van der Waals surface area contributed by atoms with E-state index in [1.54, 1.807) is 6.07 Å². The highest BCUT2D eigenvalue weighted by atomic mass is 16.4. The average Bonchev–Trinajstić information content (AvgIpc) is 2.01. The van der Waals surface area contributed by atoms with Crippen LogP contribution in [0.3, 0.4) is 0 Å². The molecular formula is C7H15N3O2. The predicted octanol–water partition coefficient (Wildman–Crippen LogP) is -0.333. The maximum atomic E-state index is 10.0. The predicted molar refractivity (Wildman–Crippen MR) is 45.2 cm³/mol. The molecule has 5 heteroatoms. The third-order valence-electron chi connectivity index (χ3n) is 1.04. The van der Waals surface area contributed by atoms with Crippen LogP contribution in [0, 0.1) is 11.3 Å². The Morgan fingerprint density at radius 3 is 2.42 bits per heavy atom. The zero-order chi connectivity index (χ0) is 9.98. The molecule has 0 fully saturated rings. The van der Waals surface area contributed by atoms with Crippen LogP contribution in [-0.4, -0.2) is 23.7 Å². The molecule has 0 radical (unpaired) electrons. The Bertz CT molecular complexity index is 153. The fraction of sp³-hybridized carbons (Fsp3) is 0.714. The van der Waals surface area contributed by atoms with E-state index in [0.717, 1.165) is 0 Å². The van der Waals surface area contributed by atoms with E-state index < -0.39 is 12.0 Å². The molecule has 1 atom stereocenters. The third-order valence-corrected chi connectivity index (χ3v) is 1.04. The van der Waals surface area contributed by atoms with Gasteiger partial charge in [-0.3, -0.25) is 4.79 Å². The van der Waals surface area contributed by atoms with Crippen LogP contribution in [0.2, 0.25) is 0 Å². The lowest BCUT2D eigenvalue weighted by Crippen LogP contribution is -2.30. The van der Waals surface area contributed by atoms with Gasteiger partial charge in [0.2, 0.25) is 0 Å². The van der Waals surface area contributed by atoms with Gasteiger partial charge in [0.1, 0.15) is 6.04 Å². The smallest absolute Gasteiger partial charge is 0.320 e. The molecule has 70 valence electrons. The highest BCUT2D eigenvalue weighted by Crippen LogP contribution is 1.91. The summed E-state index contributed by atoms with van der Waals surface area (Å²) in [6.07, 6.45) is 1.14. The summed E-state index contributed by atoms with van der Waals surface area (Å²) in [5.74, 6) is -0.955. The molecule has 5 N–H and O–H groups in total. The van der Waals surface area contributed by atoms with Crippen LogP contribution in [0.5, 0.6) is 0 Å². The molecule has 0 bridgehead atoms. The molecule has 0 saturated carbocycles. The Labute approximate surface area is 72.0 Å².